The topological polar surface area (TPSA) is 67.6 Å². The van der Waals surface area contributed by atoms with Gasteiger partial charge in [0.2, 0.25) is 5.91 Å². The van der Waals surface area contributed by atoms with Crippen LogP contribution in [0.5, 0.6) is 5.75 Å². The van der Waals surface area contributed by atoms with Crippen molar-refractivity contribution < 1.29 is 14.1 Å². The molecule has 38 heavy (non-hydrogen) atoms. The molecule has 0 unspecified atom stereocenters. The molecule has 1 aliphatic heterocycles. The Hall–Kier alpha value is -3.38. The highest BCUT2D eigenvalue weighted by atomic mass is 16.5. The van der Waals surface area contributed by atoms with Gasteiger partial charge in [0.25, 0.3) is 0 Å². The second kappa shape index (κ2) is 12.4. The van der Waals surface area contributed by atoms with Crippen LogP contribution in [0.15, 0.2) is 59.1 Å². The van der Waals surface area contributed by atoms with Crippen molar-refractivity contribution in [2.75, 3.05) is 26.7 Å². The highest BCUT2D eigenvalue weighted by molar-refractivity contribution is 5.92. The summed E-state index contributed by atoms with van der Waals surface area (Å²) in [4.78, 5) is 15.1. The second-order valence-corrected chi connectivity index (χ2v) is 10.7. The standard InChI is InChI=1S/C32H39N3O3/c1-23-21-31(38-34-23)28-10-9-25-16-19-35(20-17-27(25)22-28)18-15-24-7-12-29(13-8-24)33-32(36)14-11-26-5-3-4-6-30(26)37-2/h3-6,9-11,14,21-22,24,29H,7-8,12-13,15-20H2,1-2H3,(H,33,36)/b14-11+. The first-order valence-corrected chi connectivity index (χ1v) is 14.0. The van der Waals surface area contributed by atoms with E-state index in [1.54, 1.807) is 13.2 Å². The van der Waals surface area contributed by atoms with Gasteiger partial charge in [-0.3, -0.25) is 4.79 Å². The number of methoxy groups -OCH3 is 1. The first-order chi connectivity index (χ1) is 18.6. The number of benzene rings is 2. The average molecular weight is 514 g/mol. The number of hydrogen-bond donors (Lipinski definition) is 1. The van der Waals surface area contributed by atoms with Gasteiger partial charge in [-0.2, -0.15) is 0 Å². The smallest absolute Gasteiger partial charge is 0.244 e. The Morgan fingerprint density at radius 2 is 1.87 bits per heavy atom. The minimum absolute atomic E-state index is 0.0231. The van der Waals surface area contributed by atoms with E-state index in [1.807, 2.05) is 43.3 Å². The van der Waals surface area contributed by atoms with Crippen LogP contribution in [0, 0.1) is 12.8 Å². The van der Waals surface area contributed by atoms with E-state index >= 15 is 0 Å². The summed E-state index contributed by atoms with van der Waals surface area (Å²) >= 11 is 0. The Kier molecular flexibility index (Phi) is 8.59. The number of carbonyl (C=O) groups excluding carboxylic acids is 1. The molecule has 1 aromatic heterocycles. The normalized spacial score (nSPS) is 20.2. The van der Waals surface area contributed by atoms with Crippen molar-refractivity contribution in [1.29, 1.82) is 0 Å². The number of aryl methyl sites for hydroxylation is 1. The first kappa shape index (κ1) is 26.2. The number of para-hydroxylation sites is 1. The molecule has 1 N–H and O–H groups in total. The van der Waals surface area contributed by atoms with Crippen LogP contribution in [0.4, 0.5) is 0 Å². The maximum absolute atomic E-state index is 12.5. The van der Waals surface area contributed by atoms with E-state index in [2.05, 4.69) is 33.6 Å². The SMILES string of the molecule is COc1ccccc1/C=C/C(=O)NC1CCC(CCN2CCc3ccc(-c4cc(C)no4)cc3CC2)CC1. The maximum atomic E-state index is 12.5. The molecular weight excluding hydrogens is 474 g/mol. The molecule has 0 saturated heterocycles. The van der Waals surface area contributed by atoms with Crippen LogP contribution in [0.2, 0.25) is 0 Å². The average Bonchev–Trinajstić information content (AvgIpc) is 3.28. The summed E-state index contributed by atoms with van der Waals surface area (Å²) in [6.07, 6.45) is 11.4. The van der Waals surface area contributed by atoms with Crippen LogP contribution in [-0.2, 0) is 17.6 Å². The lowest BCUT2D eigenvalue weighted by Crippen LogP contribution is -2.37. The molecule has 0 radical (unpaired) electrons. The van der Waals surface area contributed by atoms with Crippen molar-refractivity contribution in [3.05, 3.63) is 77.0 Å². The zero-order valence-electron chi connectivity index (χ0n) is 22.6. The number of ether oxygens (including phenoxy) is 1. The number of carbonyl (C=O) groups is 1. The van der Waals surface area contributed by atoms with Gasteiger partial charge in [0.15, 0.2) is 5.76 Å². The lowest BCUT2D eigenvalue weighted by Gasteiger charge is -2.30. The Morgan fingerprint density at radius 1 is 1.08 bits per heavy atom. The fourth-order valence-corrected chi connectivity index (χ4v) is 5.83. The summed E-state index contributed by atoms with van der Waals surface area (Å²) in [6.45, 7) is 5.35. The third kappa shape index (κ3) is 6.73. The molecule has 1 saturated carbocycles. The van der Waals surface area contributed by atoms with Crippen molar-refractivity contribution in [1.82, 2.24) is 15.4 Å². The van der Waals surface area contributed by atoms with Crippen molar-refractivity contribution in [2.24, 2.45) is 5.92 Å². The van der Waals surface area contributed by atoms with Crippen molar-refractivity contribution >= 4 is 12.0 Å². The number of hydrogen-bond acceptors (Lipinski definition) is 5. The summed E-state index contributed by atoms with van der Waals surface area (Å²) in [5, 5.41) is 7.24. The van der Waals surface area contributed by atoms with Crippen LogP contribution >= 0.6 is 0 Å². The predicted octanol–water partition coefficient (Wildman–Crippen LogP) is 5.84. The summed E-state index contributed by atoms with van der Waals surface area (Å²) in [6, 6.07) is 16.7. The Balaban J connectivity index is 1.04. The fourth-order valence-electron chi connectivity index (χ4n) is 5.83. The summed E-state index contributed by atoms with van der Waals surface area (Å²) in [5.41, 5.74) is 5.85. The van der Waals surface area contributed by atoms with E-state index in [9.17, 15) is 4.79 Å². The van der Waals surface area contributed by atoms with Crippen LogP contribution < -0.4 is 10.1 Å². The molecule has 3 aromatic rings. The minimum atomic E-state index is -0.0231. The molecule has 1 fully saturated rings. The van der Waals surface area contributed by atoms with E-state index in [0.29, 0.717) is 0 Å². The summed E-state index contributed by atoms with van der Waals surface area (Å²) in [7, 11) is 1.65. The first-order valence-electron chi connectivity index (χ1n) is 14.0. The van der Waals surface area contributed by atoms with Gasteiger partial charge in [-0.05, 0) is 93.7 Å². The van der Waals surface area contributed by atoms with E-state index < -0.39 is 0 Å². The molecule has 0 bridgehead atoms. The molecule has 6 nitrogen and oxygen atoms in total. The van der Waals surface area contributed by atoms with Gasteiger partial charge < -0.3 is 19.5 Å². The molecule has 2 heterocycles. The number of nitrogens with zero attached hydrogens (tertiary/aromatic N) is 2. The summed E-state index contributed by atoms with van der Waals surface area (Å²) < 4.78 is 10.8. The van der Waals surface area contributed by atoms with E-state index in [0.717, 1.165) is 79.6 Å². The monoisotopic (exact) mass is 513 g/mol. The molecule has 6 heteroatoms. The second-order valence-electron chi connectivity index (χ2n) is 10.7. The van der Waals surface area contributed by atoms with Crippen LogP contribution in [0.25, 0.3) is 17.4 Å². The number of nitrogens with one attached hydrogen (secondary N) is 1. The van der Waals surface area contributed by atoms with Crippen molar-refractivity contribution in [2.45, 2.75) is 57.9 Å². The number of rotatable bonds is 8. The van der Waals surface area contributed by atoms with Gasteiger partial charge in [0.1, 0.15) is 5.75 Å². The zero-order valence-corrected chi connectivity index (χ0v) is 22.6. The van der Waals surface area contributed by atoms with Gasteiger partial charge >= 0.3 is 0 Å². The molecule has 5 rings (SSSR count). The third-order valence-corrected chi connectivity index (χ3v) is 8.11. The number of amides is 1. The number of fused-ring (bicyclic) bond motifs is 1. The molecular formula is C32H39N3O3. The van der Waals surface area contributed by atoms with Crippen LogP contribution in [0.1, 0.15) is 54.5 Å². The van der Waals surface area contributed by atoms with Crippen molar-refractivity contribution in [3.8, 4) is 17.1 Å². The lowest BCUT2D eigenvalue weighted by atomic mass is 9.84. The Morgan fingerprint density at radius 3 is 2.63 bits per heavy atom. The fraction of sp³-hybridized carbons (Fsp3) is 0.438. The van der Waals surface area contributed by atoms with E-state index in [1.165, 1.54) is 30.4 Å². The van der Waals surface area contributed by atoms with Crippen molar-refractivity contribution in [3.63, 3.8) is 0 Å². The quantitative estimate of drug-likeness (QED) is 0.384. The number of aromatic nitrogens is 1. The third-order valence-electron chi connectivity index (χ3n) is 8.11. The lowest BCUT2D eigenvalue weighted by molar-refractivity contribution is -0.117. The minimum Gasteiger partial charge on any atom is -0.496 e. The van der Waals surface area contributed by atoms with Gasteiger partial charge in [-0.1, -0.05) is 35.5 Å². The van der Waals surface area contributed by atoms with E-state index in [4.69, 9.17) is 9.26 Å². The van der Waals surface area contributed by atoms with E-state index in [-0.39, 0.29) is 11.9 Å². The molecule has 2 aromatic carbocycles. The van der Waals surface area contributed by atoms with Gasteiger partial charge in [-0.25, -0.2) is 0 Å². The maximum Gasteiger partial charge on any atom is 0.244 e. The van der Waals surface area contributed by atoms with Crippen LogP contribution in [-0.4, -0.2) is 48.7 Å². The molecule has 2 aliphatic rings. The molecule has 1 amide bonds. The predicted molar refractivity (Wildman–Crippen MR) is 151 cm³/mol. The summed E-state index contributed by atoms with van der Waals surface area (Å²) in [5.74, 6) is 2.35. The Bertz CT molecular complexity index is 1260. The highest BCUT2D eigenvalue weighted by Crippen LogP contribution is 2.29. The zero-order chi connectivity index (χ0) is 26.3. The van der Waals surface area contributed by atoms with Gasteiger partial charge in [0.05, 0.1) is 12.8 Å². The Labute approximate surface area is 226 Å². The molecule has 200 valence electrons. The molecule has 0 spiro atoms. The van der Waals surface area contributed by atoms with Gasteiger partial charge in [-0.15, -0.1) is 0 Å². The van der Waals surface area contributed by atoms with Gasteiger partial charge in [0, 0.05) is 42.4 Å². The largest absolute Gasteiger partial charge is 0.496 e. The van der Waals surface area contributed by atoms with Crippen LogP contribution in [0.3, 0.4) is 0 Å². The molecule has 0 atom stereocenters. The molecule has 1 aliphatic carbocycles. The highest BCUT2D eigenvalue weighted by Gasteiger charge is 2.23.